The number of carbonyl (C=O) groups is 3. The quantitative estimate of drug-likeness (QED) is 0.184. The van der Waals surface area contributed by atoms with Gasteiger partial charge in [0.2, 0.25) is 6.10 Å². The summed E-state index contributed by atoms with van der Waals surface area (Å²) in [5.41, 5.74) is 3.99. The molecule has 0 radical (unpaired) electrons. The number of carbonyl (C=O) groups excluding carboxylic acids is 3. The average Bonchev–Trinajstić information content (AvgIpc) is 2.86. The molecule has 1 atom stereocenters. The summed E-state index contributed by atoms with van der Waals surface area (Å²) in [5, 5.41) is 0. The van der Waals surface area contributed by atoms with Gasteiger partial charge >= 0.3 is 24.1 Å². The Morgan fingerprint density at radius 2 is 1.14 bits per heavy atom. The molecular formula is C30H29F3O9S. The van der Waals surface area contributed by atoms with Crippen molar-refractivity contribution in [3.8, 4) is 11.5 Å². The molecule has 0 aliphatic carbocycles. The lowest BCUT2D eigenvalue weighted by Crippen LogP contribution is -2.39. The molecule has 0 bridgehead atoms. The number of halogens is 3. The molecule has 0 amide bonds. The minimum absolute atomic E-state index is 0.181. The molecule has 0 aliphatic rings. The fraction of sp³-hybridized carbons (Fsp3) is 0.300. The maximum absolute atomic E-state index is 13.4. The van der Waals surface area contributed by atoms with E-state index in [9.17, 15) is 36.0 Å². The zero-order valence-corrected chi connectivity index (χ0v) is 24.9. The summed E-state index contributed by atoms with van der Waals surface area (Å²) < 4.78 is 86.7. The molecule has 1 N–H and O–H groups in total. The van der Waals surface area contributed by atoms with Crippen LogP contribution in [0.5, 0.6) is 11.5 Å². The summed E-state index contributed by atoms with van der Waals surface area (Å²) in [4.78, 5) is 39.0. The lowest BCUT2D eigenvalue weighted by Gasteiger charge is -2.20. The van der Waals surface area contributed by atoms with Crippen LogP contribution in [0.3, 0.4) is 0 Å². The van der Waals surface area contributed by atoms with E-state index in [4.69, 9.17) is 14.0 Å². The van der Waals surface area contributed by atoms with Gasteiger partial charge in [0.25, 0.3) is 10.1 Å². The summed E-state index contributed by atoms with van der Waals surface area (Å²) in [6, 6.07) is 9.66. The lowest BCUT2D eigenvalue weighted by molar-refractivity contribution is -0.197. The molecule has 230 valence electrons. The minimum Gasteiger partial charge on any atom is -0.448 e. The Hall–Kier alpha value is -4.23. The molecule has 0 saturated carbocycles. The summed E-state index contributed by atoms with van der Waals surface area (Å²) >= 11 is 0. The van der Waals surface area contributed by atoms with Crippen LogP contribution in [0.1, 0.15) is 64.5 Å². The van der Waals surface area contributed by atoms with Crippen LogP contribution in [0, 0.1) is 41.5 Å². The molecule has 0 spiro atoms. The van der Waals surface area contributed by atoms with Crippen LogP contribution in [-0.2, 0) is 14.9 Å². The number of benzene rings is 3. The summed E-state index contributed by atoms with van der Waals surface area (Å²) in [5.74, 6) is -6.12. The third kappa shape index (κ3) is 8.64. The molecule has 13 heteroatoms. The normalized spacial score (nSPS) is 12.4. The van der Waals surface area contributed by atoms with Crippen molar-refractivity contribution in [2.75, 3.05) is 5.75 Å². The monoisotopic (exact) mass is 622 g/mol. The topological polar surface area (TPSA) is 133 Å². The van der Waals surface area contributed by atoms with Crippen molar-refractivity contribution in [2.24, 2.45) is 0 Å². The van der Waals surface area contributed by atoms with Crippen molar-refractivity contribution in [1.29, 1.82) is 0 Å². The Morgan fingerprint density at radius 1 is 0.721 bits per heavy atom. The first-order chi connectivity index (χ1) is 19.7. The van der Waals surface area contributed by atoms with Crippen LogP contribution >= 0.6 is 0 Å². The second-order valence-corrected chi connectivity index (χ2v) is 11.7. The van der Waals surface area contributed by atoms with Crippen LogP contribution in [-0.4, -0.2) is 48.9 Å². The Labute approximate surface area is 246 Å². The summed E-state index contributed by atoms with van der Waals surface area (Å²) in [6.07, 6.45) is -8.57. The van der Waals surface area contributed by atoms with Crippen LogP contribution in [0.25, 0.3) is 0 Å². The summed E-state index contributed by atoms with van der Waals surface area (Å²) in [7, 11) is -5.20. The first-order valence-electron chi connectivity index (χ1n) is 12.7. The number of rotatable bonds is 8. The van der Waals surface area contributed by atoms with Crippen LogP contribution < -0.4 is 9.47 Å². The van der Waals surface area contributed by atoms with E-state index in [0.29, 0.717) is 11.1 Å². The van der Waals surface area contributed by atoms with E-state index in [1.807, 2.05) is 12.1 Å². The SMILES string of the molecule is Cc1cc(C)c(C)c(C(=O)Oc2cc(OC(=O)c3cc(C)cc(C)c3C)cc(C(=O)OC(CS(=O)(=O)O)C(F)(F)F)c2)c1. The van der Waals surface area contributed by atoms with Gasteiger partial charge in [-0.1, -0.05) is 12.1 Å². The zero-order chi connectivity index (χ0) is 32.4. The fourth-order valence-electron chi connectivity index (χ4n) is 4.22. The van der Waals surface area contributed by atoms with E-state index in [-0.39, 0.29) is 22.6 Å². The maximum Gasteiger partial charge on any atom is 0.426 e. The van der Waals surface area contributed by atoms with Gasteiger partial charge in [0, 0.05) is 6.07 Å². The molecule has 3 aromatic carbocycles. The van der Waals surface area contributed by atoms with Gasteiger partial charge in [-0.2, -0.15) is 21.6 Å². The van der Waals surface area contributed by atoms with Crippen molar-refractivity contribution in [1.82, 2.24) is 0 Å². The van der Waals surface area contributed by atoms with Gasteiger partial charge in [0.15, 0.2) is 0 Å². The highest BCUT2D eigenvalue weighted by molar-refractivity contribution is 7.85. The largest absolute Gasteiger partial charge is 0.448 e. The van der Waals surface area contributed by atoms with Gasteiger partial charge < -0.3 is 14.2 Å². The van der Waals surface area contributed by atoms with Crippen LogP contribution in [0.2, 0.25) is 0 Å². The van der Waals surface area contributed by atoms with E-state index in [1.54, 1.807) is 53.7 Å². The lowest BCUT2D eigenvalue weighted by atomic mass is 10.0. The molecule has 43 heavy (non-hydrogen) atoms. The van der Waals surface area contributed by atoms with E-state index in [1.165, 1.54) is 0 Å². The molecule has 3 rings (SSSR count). The van der Waals surface area contributed by atoms with E-state index < -0.39 is 51.6 Å². The molecule has 9 nitrogen and oxygen atoms in total. The van der Waals surface area contributed by atoms with E-state index >= 15 is 0 Å². The average molecular weight is 623 g/mol. The molecule has 0 aromatic heterocycles. The van der Waals surface area contributed by atoms with Gasteiger partial charge in [-0.25, -0.2) is 14.4 Å². The molecule has 3 aromatic rings. The first kappa shape index (κ1) is 33.3. The van der Waals surface area contributed by atoms with Crippen molar-refractivity contribution < 1.29 is 54.7 Å². The van der Waals surface area contributed by atoms with Gasteiger partial charge in [0.05, 0.1) is 16.7 Å². The van der Waals surface area contributed by atoms with Gasteiger partial charge in [0.1, 0.15) is 17.3 Å². The number of alkyl halides is 3. The Morgan fingerprint density at radius 3 is 1.51 bits per heavy atom. The third-order valence-electron chi connectivity index (χ3n) is 6.58. The third-order valence-corrected chi connectivity index (χ3v) is 7.30. The smallest absolute Gasteiger partial charge is 0.426 e. The number of ether oxygens (including phenoxy) is 3. The molecule has 0 aliphatic heterocycles. The fourth-order valence-corrected chi connectivity index (χ4v) is 4.86. The van der Waals surface area contributed by atoms with Crippen molar-refractivity contribution >= 4 is 28.0 Å². The van der Waals surface area contributed by atoms with Crippen LogP contribution in [0.4, 0.5) is 13.2 Å². The highest BCUT2D eigenvalue weighted by atomic mass is 32.2. The van der Waals surface area contributed by atoms with Crippen molar-refractivity contribution in [3.63, 3.8) is 0 Å². The zero-order valence-electron chi connectivity index (χ0n) is 24.1. The number of hydrogen-bond acceptors (Lipinski definition) is 8. The standard InChI is InChI=1S/C30H29F3O9S/c1-15-7-17(3)19(5)24(9-15)28(35)40-22-11-21(27(34)42-26(30(31,32)33)14-43(37,38)39)12-23(13-22)41-29(36)25-10-16(2)8-18(4)20(25)6/h7-13,26H,14H2,1-6H3,(H,37,38,39). The van der Waals surface area contributed by atoms with E-state index in [2.05, 4.69) is 4.74 Å². The molecule has 0 fully saturated rings. The highest BCUT2D eigenvalue weighted by Gasteiger charge is 2.45. The second-order valence-electron chi connectivity index (χ2n) is 10.2. The Kier molecular flexibility index (Phi) is 9.72. The Balaban J connectivity index is 2.05. The predicted octanol–water partition coefficient (Wildman–Crippen LogP) is 5.95. The molecule has 1 unspecified atom stereocenters. The molecule has 0 saturated heterocycles. The first-order valence-corrected chi connectivity index (χ1v) is 14.3. The van der Waals surface area contributed by atoms with Crippen LogP contribution in [0.15, 0.2) is 42.5 Å². The number of hydrogen-bond donors (Lipinski definition) is 1. The molecule has 0 heterocycles. The summed E-state index contributed by atoms with van der Waals surface area (Å²) in [6.45, 7) is 10.5. The Bertz CT molecular complexity index is 1620. The predicted molar refractivity (Wildman–Crippen MR) is 149 cm³/mol. The number of esters is 3. The van der Waals surface area contributed by atoms with Gasteiger partial charge in [-0.3, -0.25) is 4.55 Å². The van der Waals surface area contributed by atoms with Gasteiger partial charge in [-0.05, 0) is 99.2 Å². The van der Waals surface area contributed by atoms with E-state index in [0.717, 1.165) is 40.5 Å². The maximum atomic E-state index is 13.4. The van der Waals surface area contributed by atoms with Crippen molar-refractivity contribution in [2.45, 2.75) is 53.8 Å². The van der Waals surface area contributed by atoms with Crippen molar-refractivity contribution in [3.05, 3.63) is 92.5 Å². The second kappa shape index (κ2) is 12.6. The highest BCUT2D eigenvalue weighted by Crippen LogP contribution is 2.30. The molecular weight excluding hydrogens is 593 g/mol. The number of aryl methyl sites for hydroxylation is 4. The minimum atomic E-state index is -5.36. The van der Waals surface area contributed by atoms with Gasteiger partial charge in [-0.15, -0.1) is 0 Å².